The van der Waals surface area contributed by atoms with E-state index in [-0.39, 0.29) is 5.82 Å². The van der Waals surface area contributed by atoms with Gasteiger partial charge in [-0.05, 0) is 48.7 Å². The minimum absolute atomic E-state index is 0.268. The van der Waals surface area contributed by atoms with Gasteiger partial charge < -0.3 is 4.98 Å². The van der Waals surface area contributed by atoms with E-state index in [9.17, 15) is 4.39 Å². The molecule has 0 spiro atoms. The Labute approximate surface area is 142 Å². The lowest BCUT2D eigenvalue weighted by molar-refractivity contribution is 0.628. The Balaban J connectivity index is 1.85. The van der Waals surface area contributed by atoms with Crippen LogP contribution in [0.15, 0.2) is 59.8 Å². The largest absolute Gasteiger partial charge is 0.337 e. The molecule has 24 heavy (non-hydrogen) atoms. The Hall–Kier alpha value is -2.73. The third-order valence-electron chi connectivity index (χ3n) is 3.66. The number of halogens is 1. The first kappa shape index (κ1) is 14.8. The van der Waals surface area contributed by atoms with E-state index in [0.29, 0.717) is 16.7 Å². The van der Waals surface area contributed by atoms with Crippen molar-refractivity contribution in [1.82, 2.24) is 19.9 Å². The highest BCUT2D eigenvalue weighted by molar-refractivity contribution is 7.98. The van der Waals surface area contributed by atoms with Gasteiger partial charge in [-0.25, -0.2) is 19.3 Å². The van der Waals surface area contributed by atoms with Gasteiger partial charge >= 0.3 is 0 Å². The van der Waals surface area contributed by atoms with Gasteiger partial charge in [-0.15, -0.1) is 0 Å². The number of hydrogen-bond donors (Lipinski definition) is 1. The molecule has 2 aromatic carbocycles. The number of nitrogens with zero attached hydrogens (tertiary/aromatic N) is 3. The van der Waals surface area contributed by atoms with Crippen molar-refractivity contribution in [1.29, 1.82) is 0 Å². The van der Waals surface area contributed by atoms with E-state index in [4.69, 9.17) is 0 Å². The van der Waals surface area contributed by atoms with Crippen LogP contribution in [0.3, 0.4) is 0 Å². The number of fused-ring (bicyclic) bond motifs is 1. The second kappa shape index (κ2) is 6.05. The van der Waals surface area contributed by atoms with Crippen LogP contribution in [0.2, 0.25) is 0 Å². The number of benzene rings is 2. The highest BCUT2D eigenvalue weighted by atomic mass is 32.2. The Morgan fingerprint density at radius 1 is 0.917 bits per heavy atom. The molecule has 0 saturated carbocycles. The molecule has 0 unspecified atom stereocenters. The van der Waals surface area contributed by atoms with E-state index < -0.39 is 0 Å². The molecule has 2 heterocycles. The summed E-state index contributed by atoms with van der Waals surface area (Å²) < 4.78 is 13.2. The van der Waals surface area contributed by atoms with Gasteiger partial charge in [0.15, 0.2) is 11.0 Å². The van der Waals surface area contributed by atoms with Crippen LogP contribution in [0.25, 0.3) is 33.8 Å². The minimum atomic E-state index is -0.268. The number of hydrogen-bond acceptors (Lipinski definition) is 4. The zero-order valence-corrected chi connectivity index (χ0v) is 13.6. The van der Waals surface area contributed by atoms with Gasteiger partial charge in [0, 0.05) is 5.56 Å². The van der Waals surface area contributed by atoms with Gasteiger partial charge in [0.2, 0.25) is 0 Å². The number of para-hydroxylation sites is 2. The smallest absolute Gasteiger partial charge is 0.188 e. The molecular weight excluding hydrogens is 323 g/mol. The fourth-order valence-corrected chi connectivity index (χ4v) is 2.86. The van der Waals surface area contributed by atoms with E-state index in [1.807, 2.05) is 36.6 Å². The number of thioether (sulfide) groups is 1. The summed E-state index contributed by atoms with van der Waals surface area (Å²) in [6.45, 7) is 0. The van der Waals surface area contributed by atoms with Crippen molar-refractivity contribution in [2.75, 3.05) is 6.26 Å². The van der Waals surface area contributed by atoms with Gasteiger partial charge in [0.25, 0.3) is 0 Å². The molecule has 2 aromatic heterocycles. The molecule has 0 atom stereocenters. The molecule has 4 aromatic rings. The minimum Gasteiger partial charge on any atom is -0.337 e. The second-order valence-corrected chi connectivity index (χ2v) is 6.01. The van der Waals surface area contributed by atoms with Crippen molar-refractivity contribution >= 4 is 22.8 Å². The van der Waals surface area contributed by atoms with Crippen LogP contribution in [0.5, 0.6) is 0 Å². The number of nitrogens with one attached hydrogen (secondary N) is 1. The average Bonchev–Trinajstić information content (AvgIpc) is 3.06. The summed E-state index contributed by atoms with van der Waals surface area (Å²) in [7, 11) is 0. The molecule has 0 aliphatic rings. The van der Waals surface area contributed by atoms with Gasteiger partial charge in [0.05, 0.1) is 16.7 Å². The maximum Gasteiger partial charge on any atom is 0.188 e. The predicted octanol–water partition coefficient (Wildman–Crippen LogP) is 4.55. The van der Waals surface area contributed by atoms with Crippen LogP contribution in [-0.4, -0.2) is 26.2 Å². The van der Waals surface area contributed by atoms with Crippen LogP contribution in [0.1, 0.15) is 0 Å². The molecule has 6 heteroatoms. The van der Waals surface area contributed by atoms with Crippen molar-refractivity contribution in [3.8, 4) is 22.8 Å². The number of aromatic amines is 1. The Kier molecular flexibility index (Phi) is 3.74. The standard InChI is InChI=1S/C18H13FN4S/c1-24-18-22-15(11-6-8-12(19)9-7-11)10-16(23-18)17-20-13-4-2-3-5-14(13)21-17/h2-10H,1H3,(H,20,21). The monoisotopic (exact) mass is 336 g/mol. The van der Waals surface area contributed by atoms with E-state index in [2.05, 4.69) is 19.9 Å². The Morgan fingerprint density at radius 2 is 1.67 bits per heavy atom. The van der Waals surface area contributed by atoms with Crippen LogP contribution >= 0.6 is 11.8 Å². The second-order valence-electron chi connectivity index (χ2n) is 5.23. The number of imidazole rings is 1. The molecule has 118 valence electrons. The Morgan fingerprint density at radius 3 is 2.42 bits per heavy atom. The zero-order chi connectivity index (χ0) is 16.5. The van der Waals surface area contributed by atoms with Crippen LogP contribution in [0, 0.1) is 5.82 Å². The molecule has 0 saturated heterocycles. The lowest BCUT2D eigenvalue weighted by atomic mass is 10.1. The zero-order valence-electron chi connectivity index (χ0n) is 12.8. The molecule has 0 radical (unpaired) electrons. The topological polar surface area (TPSA) is 54.5 Å². The van der Waals surface area contributed by atoms with Crippen molar-refractivity contribution in [3.63, 3.8) is 0 Å². The first-order chi connectivity index (χ1) is 11.7. The van der Waals surface area contributed by atoms with Gasteiger partial charge in [-0.2, -0.15) is 0 Å². The number of aromatic nitrogens is 4. The molecule has 0 amide bonds. The summed E-state index contributed by atoms with van der Waals surface area (Å²) in [5.74, 6) is 0.424. The van der Waals surface area contributed by atoms with E-state index in [0.717, 1.165) is 22.3 Å². The first-order valence-corrected chi connectivity index (χ1v) is 8.59. The van der Waals surface area contributed by atoms with E-state index in [1.165, 1.54) is 23.9 Å². The van der Waals surface area contributed by atoms with Crippen molar-refractivity contribution in [2.24, 2.45) is 0 Å². The van der Waals surface area contributed by atoms with Gasteiger partial charge in [-0.3, -0.25) is 0 Å². The summed E-state index contributed by atoms with van der Waals surface area (Å²) in [6, 6.07) is 16.0. The summed E-state index contributed by atoms with van der Waals surface area (Å²) >= 11 is 1.46. The summed E-state index contributed by atoms with van der Waals surface area (Å²) in [4.78, 5) is 16.9. The molecule has 1 N–H and O–H groups in total. The van der Waals surface area contributed by atoms with Crippen molar-refractivity contribution in [3.05, 3.63) is 60.4 Å². The van der Waals surface area contributed by atoms with Gasteiger partial charge in [-0.1, -0.05) is 23.9 Å². The fraction of sp³-hybridized carbons (Fsp3) is 0.0556. The highest BCUT2D eigenvalue weighted by Crippen LogP contribution is 2.26. The molecule has 4 nitrogen and oxygen atoms in total. The lowest BCUT2D eigenvalue weighted by Crippen LogP contribution is -1.95. The molecule has 0 fully saturated rings. The predicted molar refractivity (Wildman–Crippen MR) is 94.3 cm³/mol. The SMILES string of the molecule is CSc1nc(-c2ccc(F)cc2)cc(-c2nc3ccccc3[nH]2)n1. The highest BCUT2D eigenvalue weighted by Gasteiger charge is 2.11. The molecule has 4 rings (SSSR count). The molecule has 0 aliphatic heterocycles. The van der Waals surface area contributed by atoms with Crippen LogP contribution < -0.4 is 0 Å². The lowest BCUT2D eigenvalue weighted by Gasteiger charge is -2.05. The molecule has 0 aliphatic carbocycles. The Bertz CT molecular complexity index is 978. The average molecular weight is 336 g/mol. The molecule has 0 bridgehead atoms. The summed E-state index contributed by atoms with van der Waals surface area (Å²) in [6.07, 6.45) is 1.92. The number of rotatable bonds is 3. The molecular formula is C18H13FN4S. The number of H-pyrrole nitrogens is 1. The van der Waals surface area contributed by atoms with Crippen molar-refractivity contribution in [2.45, 2.75) is 5.16 Å². The van der Waals surface area contributed by atoms with E-state index in [1.54, 1.807) is 12.1 Å². The maximum absolute atomic E-state index is 13.2. The van der Waals surface area contributed by atoms with E-state index >= 15 is 0 Å². The summed E-state index contributed by atoms with van der Waals surface area (Å²) in [5.41, 5.74) is 4.14. The quantitative estimate of drug-likeness (QED) is 0.440. The van der Waals surface area contributed by atoms with Crippen molar-refractivity contribution < 1.29 is 4.39 Å². The summed E-state index contributed by atoms with van der Waals surface area (Å²) in [5, 5.41) is 0.646. The van der Waals surface area contributed by atoms with Gasteiger partial charge in [0.1, 0.15) is 11.5 Å². The van der Waals surface area contributed by atoms with Crippen LogP contribution in [-0.2, 0) is 0 Å². The fourth-order valence-electron chi connectivity index (χ4n) is 2.48. The first-order valence-electron chi connectivity index (χ1n) is 7.37. The maximum atomic E-state index is 13.2. The third-order valence-corrected chi connectivity index (χ3v) is 4.21. The third kappa shape index (κ3) is 2.76. The normalized spacial score (nSPS) is 11.1. The van der Waals surface area contributed by atoms with Crippen LogP contribution in [0.4, 0.5) is 4.39 Å².